The number of rotatable bonds is 2. The molecule has 0 unspecified atom stereocenters. The number of hydrogen-bond donors (Lipinski definition) is 0. The number of aryl methyl sites for hydroxylation is 1. The zero-order valence-electron chi connectivity index (χ0n) is 6.58. The van der Waals surface area contributed by atoms with Gasteiger partial charge in [0.25, 0.3) is 5.56 Å². The Kier molecular flexibility index (Phi) is 2.78. The monoisotopic (exact) mass is 149 g/mol. The van der Waals surface area contributed by atoms with Crippen LogP contribution in [0.3, 0.4) is 0 Å². The molecule has 0 aromatic carbocycles. The Balaban J connectivity index is 2.96. The molecule has 0 N–H and O–H groups in total. The zero-order valence-corrected chi connectivity index (χ0v) is 6.58. The van der Waals surface area contributed by atoms with Crippen LogP contribution in [0.15, 0.2) is 29.2 Å². The molecule has 0 aliphatic heterocycles. The van der Waals surface area contributed by atoms with Gasteiger partial charge in [-0.05, 0) is 12.0 Å². The molecule has 0 saturated heterocycles. The van der Waals surface area contributed by atoms with Gasteiger partial charge in [-0.2, -0.15) is 0 Å². The van der Waals surface area contributed by atoms with E-state index in [-0.39, 0.29) is 5.56 Å². The van der Waals surface area contributed by atoms with Gasteiger partial charge in [0.15, 0.2) is 0 Å². The molecule has 0 aliphatic carbocycles. The molecule has 0 spiro atoms. The van der Waals surface area contributed by atoms with Crippen LogP contribution in [-0.4, -0.2) is 4.98 Å². The van der Waals surface area contributed by atoms with E-state index in [0.717, 1.165) is 18.4 Å². The van der Waals surface area contributed by atoms with Gasteiger partial charge in [-0.1, -0.05) is 25.5 Å². The minimum Gasteiger partial charge on any atom is -0.267 e. The highest BCUT2D eigenvalue weighted by Crippen LogP contribution is 1.96. The van der Waals surface area contributed by atoms with Gasteiger partial charge in [-0.25, -0.2) is 4.98 Å². The molecule has 2 nitrogen and oxygen atoms in total. The average Bonchev–Trinajstić information content (AvgIpc) is 2.17. The Morgan fingerprint density at radius 2 is 2.27 bits per heavy atom. The van der Waals surface area contributed by atoms with E-state index in [1.54, 1.807) is 12.3 Å². The molecule has 58 valence electrons. The van der Waals surface area contributed by atoms with Crippen LogP contribution in [0.2, 0.25) is 0 Å². The van der Waals surface area contributed by atoms with Crippen molar-refractivity contribution in [3.05, 3.63) is 40.3 Å². The third-order valence-electron chi connectivity index (χ3n) is 1.45. The highest BCUT2D eigenvalue weighted by molar-refractivity contribution is 5.08. The first-order valence-electron chi connectivity index (χ1n) is 3.78. The number of nitrogens with zero attached hydrogens (tertiary/aromatic N) is 1. The van der Waals surface area contributed by atoms with Crippen molar-refractivity contribution < 1.29 is 0 Å². The van der Waals surface area contributed by atoms with Crippen molar-refractivity contribution in [2.45, 2.75) is 19.8 Å². The van der Waals surface area contributed by atoms with Gasteiger partial charge in [0.1, 0.15) is 0 Å². The van der Waals surface area contributed by atoms with Gasteiger partial charge in [0, 0.05) is 12.3 Å². The number of hydrogen-bond acceptors (Lipinski definition) is 2. The van der Waals surface area contributed by atoms with Crippen molar-refractivity contribution >= 4 is 0 Å². The van der Waals surface area contributed by atoms with E-state index in [1.165, 1.54) is 6.07 Å². The summed E-state index contributed by atoms with van der Waals surface area (Å²) < 4.78 is 0. The van der Waals surface area contributed by atoms with Crippen molar-refractivity contribution in [2.75, 3.05) is 0 Å². The Labute approximate surface area is 65.9 Å². The lowest BCUT2D eigenvalue weighted by atomic mass is 10.2. The zero-order chi connectivity index (χ0) is 8.10. The predicted octanol–water partition coefficient (Wildman–Crippen LogP) is 1.39. The van der Waals surface area contributed by atoms with Gasteiger partial charge >= 0.3 is 0 Å². The summed E-state index contributed by atoms with van der Waals surface area (Å²) in [6.45, 7) is 2.10. The molecule has 0 bridgehead atoms. The summed E-state index contributed by atoms with van der Waals surface area (Å²) in [7, 11) is 0. The Morgan fingerprint density at radius 3 is 3.00 bits per heavy atom. The van der Waals surface area contributed by atoms with E-state index in [0.29, 0.717) is 0 Å². The first-order chi connectivity index (χ1) is 5.33. The fraction of sp³-hybridized carbons (Fsp3) is 0.333. The second kappa shape index (κ2) is 3.86. The van der Waals surface area contributed by atoms with Crippen LogP contribution in [0, 0.1) is 0 Å². The molecule has 1 aromatic heterocycles. The molecule has 0 saturated carbocycles. The van der Waals surface area contributed by atoms with Crippen molar-refractivity contribution in [3.63, 3.8) is 0 Å². The quantitative estimate of drug-likeness (QED) is 0.636. The largest absolute Gasteiger partial charge is 0.269 e. The fourth-order valence-electron chi connectivity index (χ4n) is 0.923. The minimum atomic E-state index is -0.174. The van der Waals surface area contributed by atoms with Crippen LogP contribution in [0.5, 0.6) is 0 Å². The second-order valence-electron chi connectivity index (χ2n) is 2.45. The highest BCUT2D eigenvalue weighted by Gasteiger charge is 1.87. The molecular weight excluding hydrogens is 138 g/mol. The predicted molar refractivity (Wildman–Crippen MR) is 44.5 cm³/mol. The highest BCUT2D eigenvalue weighted by atomic mass is 16.1. The van der Waals surface area contributed by atoms with Crippen LogP contribution >= 0.6 is 0 Å². The van der Waals surface area contributed by atoms with Crippen molar-refractivity contribution in [3.8, 4) is 0 Å². The maximum Gasteiger partial charge on any atom is 0.269 e. The molecule has 1 heterocycles. The van der Waals surface area contributed by atoms with Crippen molar-refractivity contribution in [1.82, 2.24) is 4.98 Å². The molecule has 11 heavy (non-hydrogen) atoms. The summed E-state index contributed by atoms with van der Waals surface area (Å²) in [5.74, 6) is 0. The third kappa shape index (κ3) is 2.50. The summed E-state index contributed by atoms with van der Waals surface area (Å²) in [6, 6.07) is 5.15. The second-order valence-corrected chi connectivity index (χ2v) is 2.45. The lowest BCUT2D eigenvalue weighted by molar-refractivity contribution is 0.917. The normalized spacial score (nSPS) is 9.55. The standard InChI is InChI=1S/C9H11NO/c1-2-4-8-5-3-6-9(11)10-7-8/h3,5-7H,2,4H2,1H3. The first-order valence-corrected chi connectivity index (χ1v) is 3.78. The van der Waals surface area contributed by atoms with Gasteiger partial charge in [0.05, 0.1) is 0 Å². The van der Waals surface area contributed by atoms with Crippen molar-refractivity contribution in [1.29, 1.82) is 0 Å². The fourth-order valence-corrected chi connectivity index (χ4v) is 0.923. The molecule has 0 fully saturated rings. The minimum absolute atomic E-state index is 0.174. The Bertz CT molecular complexity index is 283. The molecule has 0 atom stereocenters. The Hall–Kier alpha value is -1.18. The number of aromatic nitrogens is 1. The molecule has 0 radical (unpaired) electrons. The molecular formula is C9H11NO. The topological polar surface area (TPSA) is 30.0 Å². The molecule has 1 rings (SSSR count). The van der Waals surface area contributed by atoms with Gasteiger partial charge in [0.2, 0.25) is 0 Å². The molecule has 0 aliphatic rings. The van der Waals surface area contributed by atoms with E-state index >= 15 is 0 Å². The molecule has 1 aromatic rings. The summed E-state index contributed by atoms with van der Waals surface area (Å²) >= 11 is 0. The summed E-state index contributed by atoms with van der Waals surface area (Å²) in [6.07, 6.45) is 3.72. The summed E-state index contributed by atoms with van der Waals surface area (Å²) in [4.78, 5) is 14.4. The average molecular weight is 149 g/mol. The Morgan fingerprint density at radius 1 is 1.45 bits per heavy atom. The lowest BCUT2D eigenvalue weighted by Crippen LogP contribution is -1.96. The molecule has 0 amide bonds. The van der Waals surface area contributed by atoms with Crippen LogP contribution in [0.25, 0.3) is 0 Å². The van der Waals surface area contributed by atoms with Crippen LogP contribution in [0.1, 0.15) is 18.9 Å². The van der Waals surface area contributed by atoms with E-state index in [1.807, 2.05) is 6.07 Å². The maximum absolute atomic E-state index is 10.7. The lowest BCUT2D eigenvalue weighted by Gasteiger charge is -1.89. The van der Waals surface area contributed by atoms with E-state index < -0.39 is 0 Å². The molecule has 2 heteroatoms. The summed E-state index contributed by atoms with van der Waals surface area (Å²) in [5, 5.41) is 0. The van der Waals surface area contributed by atoms with Crippen LogP contribution < -0.4 is 5.56 Å². The van der Waals surface area contributed by atoms with Crippen molar-refractivity contribution in [2.24, 2.45) is 0 Å². The van der Waals surface area contributed by atoms with E-state index in [2.05, 4.69) is 11.9 Å². The third-order valence-corrected chi connectivity index (χ3v) is 1.45. The van der Waals surface area contributed by atoms with Crippen LogP contribution in [-0.2, 0) is 6.42 Å². The SMILES string of the molecule is CCCc1cccc(=O)nc1. The van der Waals surface area contributed by atoms with Gasteiger partial charge in [-0.15, -0.1) is 0 Å². The van der Waals surface area contributed by atoms with E-state index in [4.69, 9.17) is 0 Å². The first kappa shape index (κ1) is 7.92. The van der Waals surface area contributed by atoms with Gasteiger partial charge < -0.3 is 0 Å². The van der Waals surface area contributed by atoms with Gasteiger partial charge in [-0.3, -0.25) is 4.79 Å². The van der Waals surface area contributed by atoms with Crippen LogP contribution in [0.4, 0.5) is 0 Å². The van der Waals surface area contributed by atoms with E-state index in [9.17, 15) is 4.79 Å². The smallest absolute Gasteiger partial charge is 0.267 e. The summed E-state index contributed by atoms with van der Waals surface area (Å²) in [5.41, 5.74) is 0.946. The maximum atomic E-state index is 10.7.